The molecule has 1 aromatic rings. The van der Waals surface area contributed by atoms with Gasteiger partial charge in [-0.2, -0.15) is 11.8 Å². The summed E-state index contributed by atoms with van der Waals surface area (Å²) in [6.07, 6.45) is 3.28. The van der Waals surface area contributed by atoms with Gasteiger partial charge in [-0.25, -0.2) is 4.79 Å². The molecule has 0 radical (unpaired) electrons. The Bertz CT molecular complexity index is 867. The van der Waals surface area contributed by atoms with E-state index in [-0.39, 0.29) is 18.7 Å². The lowest BCUT2D eigenvalue weighted by Crippen LogP contribution is -2.57. The molecule has 7 N–H and O–H groups in total. The predicted molar refractivity (Wildman–Crippen MR) is 126 cm³/mol. The molecule has 2 rings (SSSR count). The van der Waals surface area contributed by atoms with Crippen molar-refractivity contribution in [2.45, 2.75) is 49.9 Å². The number of carboxylic acids is 1. The van der Waals surface area contributed by atoms with E-state index >= 15 is 0 Å². The number of thioether (sulfide) groups is 1. The van der Waals surface area contributed by atoms with Crippen molar-refractivity contribution in [1.82, 2.24) is 15.5 Å². The van der Waals surface area contributed by atoms with Gasteiger partial charge in [0.2, 0.25) is 17.7 Å². The van der Waals surface area contributed by atoms with E-state index in [9.17, 15) is 29.4 Å². The van der Waals surface area contributed by atoms with Gasteiger partial charge < -0.3 is 36.6 Å². The molecule has 4 unspecified atom stereocenters. The van der Waals surface area contributed by atoms with Gasteiger partial charge in [-0.1, -0.05) is 12.1 Å². The Hall–Kier alpha value is -2.83. The minimum absolute atomic E-state index is 0.0582. The molecular formula is C22H32N4O7S. The topological polar surface area (TPSA) is 182 Å². The summed E-state index contributed by atoms with van der Waals surface area (Å²) in [5.41, 5.74) is 6.65. The summed E-state index contributed by atoms with van der Waals surface area (Å²) in [6.45, 7) is -0.524. The zero-order valence-corrected chi connectivity index (χ0v) is 19.8. The number of amides is 3. The normalized spacial score (nSPS) is 18.1. The first-order valence-corrected chi connectivity index (χ1v) is 12.3. The van der Waals surface area contributed by atoms with Gasteiger partial charge in [-0.3, -0.25) is 14.4 Å². The van der Waals surface area contributed by atoms with Gasteiger partial charge in [0.1, 0.15) is 23.9 Å². The van der Waals surface area contributed by atoms with Crippen LogP contribution in [0.25, 0.3) is 0 Å². The minimum atomic E-state index is -1.48. The van der Waals surface area contributed by atoms with E-state index in [0.717, 1.165) is 0 Å². The fourth-order valence-electron chi connectivity index (χ4n) is 3.68. The Labute approximate surface area is 202 Å². The smallest absolute Gasteiger partial charge is 0.328 e. The maximum atomic E-state index is 13.5. The van der Waals surface area contributed by atoms with E-state index in [1.54, 1.807) is 23.9 Å². The monoisotopic (exact) mass is 496 g/mol. The molecule has 34 heavy (non-hydrogen) atoms. The number of aliphatic hydroxyl groups is 1. The predicted octanol–water partition coefficient (Wildman–Crippen LogP) is -0.947. The lowest BCUT2D eigenvalue weighted by molar-refractivity contribution is -0.145. The number of phenols is 1. The average Bonchev–Trinajstić information content (AvgIpc) is 3.31. The number of nitrogens with one attached hydrogen (secondary N) is 2. The number of nitrogens with two attached hydrogens (primary N) is 1. The van der Waals surface area contributed by atoms with Gasteiger partial charge in [0.05, 0.1) is 12.6 Å². The molecule has 188 valence electrons. The zero-order chi connectivity index (χ0) is 25.3. The highest BCUT2D eigenvalue weighted by Crippen LogP contribution is 2.21. The average molecular weight is 497 g/mol. The lowest BCUT2D eigenvalue weighted by atomic mass is 10.0. The van der Waals surface area contributed by atoms with Crippen LogP contribution in [0.3, 0.4) is 0 Å². The molecule has 1 aromatic carbocycles. The third kappa shape index (κ3) is 7.61. The Morgan fingerprint density at radius 3 is 2.44 bits per heavy atom. The van der Waals surface area contributed by atoms with Crippen LogP contribution < -0.4 is 16.4 Å². The van der Waals surface area contributed by atoms with E-state index in [4.69, 9.17) is 10.8 Å². The summed E-state index contributed by atoms with van der Waals surface area (Å²) in [6, 6.07) is 1.97. The van der Waals surface area contributed by atoms with E-state index in [1.165, 1.54) is 17.0 Å². The third-order valence-corrected chi connectivity index (χ3v) is 6.24. The standard InChI is InChI=1S/C22H32N4O7S/c1-34-10-8-15(23)19(29)24-16(11-13-4-6-14(28)7-5-13)21(31)26-9-2-3-18(26)20(30)25-17(12-27)22(32)33/h4-7,15-18,27-28H,2-3,8-12,23H2,1H3,(H,24,29)(H,25,30)(H,32,33). The molecule has 1 heterocycles. The van der Waals surface area contributed by atoms with E-state index in [0.29, 0.717) is 30.6 Å². The number of hydrogen-bond acceptors (Lipinski definition) is 8. The van der Waals surface area contributed by atoms with Crippen LogP contribution in [-0.2, 0) is 25.6 Å². The van der Waals surface area contributed by atoms with Crippen LogP contribution in [0.2, 0.25) is 0 Å². The molecule has 12 heteroatoms. The number of carbonyl (C=O) groups is 4. The molecule has 1 aliphatic rings. The van der Waals surface area contributed by atoms with E-state index < -0.39 is 54.5 Å². The van der Waals surface area contributed by atoms with Gasteiger partial charge in [-0.15, -0.1) is 0 Å². The number of likely N-dealkylation sites (tertiary alicyclic amines) is 1. The van der Waals surface area contributed by atoms with Crippen LogP contribution >= 0.6 is 11.8 Å². The molecular weight excluding hydrogens is 464 g/mol. The van der Waals surface area contributed by atoms with E-state index in [2.05, 4.69) is 10.6 Å². The molecule has 0 saturated carbocycles. The van der Waals surface area contributed by atoms with Crippen molar-refractivity contribution in [1.29, 1.82) is 0 Å². The van der Waals surface area contributed by atoms with Gasteiger partial charge in [-0.05, 0) is 49.0 Å². The maximum absolute atomic E-state index is 13.5. The van der Waals surface area contributed by atoms with Gasteiger partial charge >= 0.3 is 5.97 Å². The van der Waals surface area contributed by atoms with Gasteiger partial charge in [0.25, 0.3) is 0 Å². The highest BCUT2D eigenvalue weighted by Gasteiger charge is 2.39. The number of hydrogen-bond donors (Lipinski definition) is 6. The number of rotatable bonds is 12. The number of aliphatic carboxylic acids is 1. The number of carbonyl (C=O) groups excluding carboxylic acids is 3. The van der Waals surface area contributed by atoms with Gasteiger partial charge in [0.15, 0.2) is 0 Å². The maximum Gasteiger partial charge on any atom is 0.328 e. The fraction of sp³-hybridized carbons (Fsp3) is 0.545. The second kappa shape index (κ2) is 13.2. The first kappa shape index (κ1) is 27.4. The summed E-state index contributed by atoms with van der Waals surface area (Å²) in [5.74, 6) is -2.32. The van der Waals surface area contributed by atoms with Crippen molar-refractivity contribution in [2.75, 3.05) is 25.2 Å². The SMILES string of the molecule is CSCCC(N)C(=O)NC(Cc1ccc(O)cc1)C(=O)N1CCCC1C(=O)NC(CO)C(=O)O. The Morgan fingerprint density at radius 2 is 1.85 bits per heavy atom. The molecule has 3 amide bonds. The third-order valence-electron chi connectivity index (χ3n) is 5.60. The Morgan fingerprint density at radius 1 is 1.18 bits per heavy atom. The number of phenolic OH excluding ortho intramolecular Hbond substituents is 1. The van der Waals surface area contributed by atoms with Crippen LogP contribution in [0, 0.1) is 0 Å². The number of aromatic hydroxyl groups is 1. The molecule has 1 fully saturated rings. The minimum Gasteiger partial charge on any atom is -0.508 e. The summed E-state index contributed by atoms with van der Waals surface area (Å²) in [4.78, 5) is 51.3. The molecule has 1 aliphatic heterocycles. The number of aliphatic hydroxyl groups excluding tert-OH is 1. The number of carboxylic acid groups (broad SMARTS) is 1. The fourth-order valence-corrected chi connectivity index (χ4v) is 4.17. The van der Waals surface area contributed by atoms with Gasteiger partial charge in [0, 0.05) is 13.0 Å². The largest absolute Gasteiger partial charge is 0.508 e. The first-order valence-electron chi connectivity index (χ1n) is 10.9. The molecule has 4 atom stereocenters. The molecule has 11 nitrogen and oxygen atoms in total. The summed E-state index contributed by atoms with van der Waals surface area (Å²) < 4.78 is 0. The lowest BCUT2D eigenvalue weighted by Gasteiger charge is -2.30. The second-order valence-corrected chi connectivity index (χ2v) is 9.08. The second-order valence-electron chi connectivity index (χ2n) is 8.09. The molecule has 0 aliphatic carbocycles. The van der Waals surface area contributed by atoms with Crippen LogP contribution in [0.15, 0.2) is 24.3 Å². The highest BCUT2D eigenvalue weighted by molar-refractivity contribution is 7.98. The Balaban J connectivity index is 2.20. The van der Waals surface area contributed by atoms with Crippen LogP contribution in [0.1, 0.15) is 24.8 Å². The molecule has 0 spiro atoms. The number of benzene rings is 1. The Kier molecular flexibility index (Phi) is 10.6. The molecule has 0 bridgehead atoms. The highest BCUT2D eigenvalue weighted by atomic mass is 32.2. The van der Waals surface area contributed by atoms with Crippen molar-refractivity contribution in [2.24, 2.45) is 5.73 Å². The van der Waals surface area contributed by atoms with Crippen molar-refractivity contribution < 1.29 is 34.5 Å². The van der Waals surface area contributed by atoms with E-state index in [1.807, 2.05) is 6.26 Å². The van der Waals surface area contributed by atoms with Crippen LogP contribution in [0.5, 0.6) is 5.75 Å². The molecule has 0 aromatic heterocycles. The molecule has 1 saturated heterocycles. The summed E-state index contributed by atoms with van der Waals surface area (Å²) in [5, 5.41) is 32.8. The quantitative estimate of drug-likeness (QED) is 0.212. The zero-order valence-electron chi connectivity index (χ0n) is 19.0. The number of nitrogens with zero attached hydrogens (tertiary/aromatic N) is 1. The van der Waals surface area contributed by atoms with Crippen LogP contribution in [0.4, 0.5) is 0 Å². The van der Waals surface area contributed by atoms with Crippen molar-refractivity contribution in [3.8, 4) is 5.75 Å². The summed E-state index contributed by atoms with van der Waals surface area (Å²) in [7, 11) is 0. The van der Waals surface area contributed by atoms with Crippen molar-refractivity contribution >= 4 is 35.5 Å². The summed E-state index contributed by atoms with van der Waals surface area (Å²) >= 11 is 1.55. The van der Waals surface area contributed by atoms with Crippen molar-refractivity contribution in [3.63, 3.8) is 0 Å². The first-order chi connectivity index (χ1) is 16.2. The van der Waals surface area contributed by atoms with Crippen molar-refractivity contribution in [3.05, 3.63) is 29.8 Å². The van der Waals surface area contributed by atoms with Crippen LogP contribution in [-0.4, -0.2) is 93.2 Å².